The first kappa shape index (κ1) is 18.7. The topological polar surface area (TPSA) is 52.7 Å². The molecule has 1 N–H and O–H groups in total. The molecule has 6 heteroatoms. The van der Waals surface area contributed by atoms with Crippen molar-refractivity contribution in [2.45, 2.75) is 32.9 Å². The van der Waals surface area contributed by atoms with E-state index in [0.717, 1.165) is 25.2 Å². The minimum Gasteiger partial charge on any atom is -0.340 e. The average molecular weight is 352 g/mol. The third-order valence-electron chi connectivity index (χ3n) is 4.74. The summed E-state index contributed by atoms with van der Waals surface area (Å²) in [4.78, 5) is 28.6. The molecular formula is C18H26ClN3O2. The van der Waals surface area contributed by atoms with Gasteiger partial charge >= 0.3 is 0 Å². The summed E-state index contributed by atoms with van der Waals surface area (Å²) in [6, 6.07) is 8.54. The van der Waals surface area contributed by atoms with Crippen molar-refractivity contribution in [3.8, 4) is 0 Å². The molecule has 0 radical (unpaired) electrons. The number of carbonyl (C=O) groups is 2. The number of nitrogens with one attached hydrogen (secondary N) is 1. The molecule has 5 nitrogen and oxygen atoms in total. The highest BCUT2D eigenvalue weighted by molar-refractivity contribution is 5.89. The van der Waals surface area contributed by atoms with E-state index in [0.29, 0.717) is 25.6 Å². The summed E-state index contributed by atoms with van der Waals surface area (Å²) < 4.78 is 0. The second-order valence-electron chi connectivity index (χ2n) is 6.80. The number of likely N-dealkylation sites (tertiary alicyclic amines) is 1. The molecule has 1 aromatic carbocycles. The Balaban J connectivity index is 0.00000208. The van der Waals surface area contributed by atoms with Crippen molar-refractivity contribution in [2.24, 2.45) is 5.92 Å². The summed E-state index contributed by atoms with van der Waals surface area (Å²) >= 11 is 0. The number of piperazine rings is 1. The maximum atomic E-state index is 12.7. The van der Waals surface area contributed by atoms with Crippen molar-refractivity contribution in [1.82, 2.24) is 15.1 Å². The van der Waals surface area contributed by atoms with Gasteiger partial charge in [-0.2, -0.15) is 0 Å². The first-order valence-electron chi connectivity index (χ1n) is 8.38. The lowest BCUT2D eigenvalue weighted by molar-refractivity contribution is -0.136. The molecule has 2 aliphatic heterocycles. The molecule has 0 spiro atoms. The maximum Gasteiger partial charge on any atom is 0.228 e. The first-order valence-corrected chi connectivity index (χ1v) is 8.38. The SMILES string of the molecule is Cc1ccc(CN2CC(C(=O)N3CCNC(C)C3)CC2=O)cc1.Cl. The van der Waals surface area contributed by atoms with Gasteiger partial charge in [-0.3, -0.25) is 9.59 Å². The number of amides is 2. The minimum atomic E-state index is -0.182. The molecule has 24 heavy (non-hydrogen) atoms. The van der Waals surface area contributed by atoms with E-state index in [1.165, 1.54) is 5.56 Å². The van der Waals surface area contributed by atoms with Crippen LogP contribution in [0, 0.1) is 12.8 Å². The number of hydrogen-bond donors (Lipinski definition) is 1. The molecular weight excluding hydrogens is 326 g/mol. The highest BCUT2D eigenvalue weighted by atomic mass is 35.5. The van der Waals surface area contributed by atoms with Crippen LogP contribution in [-0.2, 0) is 16.1 Å². The van der Waals surface area contributed by atoms with Gasteiger partial charge in [0.1, 0.15) is 0 Å². The Morgan fingerprint density at radius 3 is 2.62 bits per heavy atom. The van der Waals surface area contributed by atoms with Gasteiger partial charge in [0, 0.05) is 45.2 Å². The van der Waals surface area contributed by atoms with E-state index in [1.54, 1.807) is 0 Å². The molecule has 0 bridgehead atoms. The number of hydrogen-bond acceptors (Lipinski definition) is 3. The zero-order valence-corrected chi connectivity index (χ0v) is 15.1. The molecule has 2 amide bonds. The van der Waals surface area contributed by atoms with E-state index in [9.17, 15) is 9.59 Å². The predicted molar refractivity (Wildman–Crippen MR) is 96.0 cm³/mol. The van der Waals surface area contributed by atoms with Gasteiger partial charge in [0.2, 0.25) is 11.8 Å². The number of benzene rings is 1. The molecule has 1 aromatic rings. The lowest BCUT2D eigenvalue weighted by Crippen LogP contribution is -2.53. The van der Waals surface area contributed by atoms with Crippen molar-refractivity contribution in [2.75, 3.05) is 26.2 Å². The van der Waals surface area contributed by atoms with Gasteiger partial charge in [-0.25, -0.2) is 0 Å². The van der Waals surface area contributed by atoms with Crippen LogP contribution in [-0.4, -0.2) is 53.8 Å². The van der Waals surface area contributed by atoms with E-state index in [4.69, 9.17) is 0 Å². The van der Waals surface area contributed by atoms with Crippen molar-refractivity contribution in [3.63, 3.8) is 0 Å². The van der Waals surface area contributed by atoms with Gasteiger partial charge in [-0.05, 0) is 19.4 Å². The second kappa shape index (κ2) is 7.99. The minimum absolute atomic E-state index is 0. The fourth-order valence-corrected chi connectivity index (χ4v) is 3.39. The van der Waals surface area contributed by atoms with Gasteiger partial charge < -0.3 is 15.1 Å². The van der Waals surface area contributed by atoms with Crippen molar-refractivity contribution < 1.29 is 9.59 Å². The fourth-order valence-electron chi connectivity index (χ4n) is 3.39. The van der Waals surface area contributed by atoms with Gasteiger partial charge in [-0.15, -0.1) is 12.4 Å². The molecule has 2 unspecified atom stereocenters. The quantitative estimate of drug-likeness (QED) is 0.899. The lowest BCUT2D eigenvalue weighted by Gasteiger charge is -2.33. The number of carbonyl (C=O) groups excluding carboxylic acids is 2. The van der Waals surface area contributed by atoms with Crippen LogP contribution in [0.2, 0.25) is 0 Å². The Hall–Kier alpha value is -1.59. The molecule has 2 heterocycles. The van der Waals surface area contributed by atoms with Crippen LogP contribution in [0.15, 0.2) is 24.3 Å². The number of halogens is 1. The maximum absolute atomic E-state index is 12.7. The van der Waals surface area contributed by atoms with Gasteiger partial charge in [0.25, 0.3) is 0 Å². The molecule has 2 atom stereocenters. The molecule has 0 saturated carbocycles. The Morgan fingerprint density at radius 1 is 1.25 bits per heavy atom. The summed E-state index contributed by atoms with van der Waals surface area (Å²) in [7, 11) is 0. The number of nitrogens with zero attached hydrogens (tertiary/aromatic N) is 2. The normalized spacial score (nSPS) is 24.0. The summed E-state index contributed by atoms with van der Waals surface area (Å²) in [6.07, 6.45) is 0.350. The first-order chi connectivity index (χ1) is 11.0. The molecule has 0 aliphatic carbocycles. The standard InChI is InChI=1S/C18H25N3O2.ClH/c1-13-3-5-15(6-4-13)11-21-12-16(9-17(21)22)18(23)20-8-7-19-14(2)10-20;/h3-6,14,16,19H,7-12H2,1-2H3;1H. The summed E-state index contributed by atoms with van der Waals surface area (Å²) in [5, 5.41) is 3.34. The Labute approximate surface area is 149 Å². The van der Waals surface area contributed by atoms with E-state index in [-0.39, 0.29) is 30.1 Å². The third kappa shape index (κ3) is 4.28. The third-order valence-corrected chi connectivity index (χ3v) is 4.74. The van der Waals surface area contributed by atoms with Crippen LogP contribution in [0.4, 0.5) is 0 Å². The van der Waals surface area contributed by atoms with Crippen LogP contribution in [0.5, 0.6) is 0 Å². The highest BCUT2D eigenvalue weighted by Gasteiger charge is 2.37. The Morgan fingerprint density at radius 2 is 1.96 bits per heavy atom. The monoisotopic (exact) mass is 351 g/mol. The highest BCUT2D eigenvalue weighted by Crippen LogP contribution is 2.23. The van der Waals surface area contributed by atoms with Gasteiger partial charge in [0.15, 0.2) is 0 Å². The molecule has 2 aliphatic rings. The largest absolute Gasteiger partial charge is 0.340 e. The summed E-state index contributed by atoms with van der Waals surface area (Å²) in [5.41, 5.74) is 2.33. The van der Waals surface area contributed by atoms with Crippen molar-refractivity contribution >= 4 is 24.2 Å². The zero-order valence-electron chi connectivity index (χ0n) is 14.3. The summed E-state index contributed by atoms with van der Waals surface area (Å²) in [6.45, 7) is 7.59. The summed E-state index contributed by atoms with van der Waals surface area (Å²) in [5.74, 6) is 0.0449. The van der Waals surface area contributed by atoms with Gasteiger partial charge in [0.05, 0.1) is 5.92 Å². The second-order valence-corrected chi connectivity index (χ2v) is 6.80. The predicted octanol–water partition coefficient (Wildman–Crippen LogP) is 1.59. The van der Waals surface area contributed by atoms with Gasteiger partial charge in [-0.1, -0.05) is 29.8 Å². The zero-order chi connectivity index (χ0) is 16.4. The van der Waals surface area contributed by atoms with Crippen molar-refractivity contribution in [1.29, 1.82) is 0 Å². The van der Waals surface area contributed by atoms with Crippen molar-refractivity contribution in [3.05, 3.63) is 35.4 Å². The van der Waals surface area contributed by atoms with Crippen LogP contribution >= 0.6 is 12.4 Å². The fraction of sp³-hybridized carbons (Fsp3) is 0.556. The van der Waals surface area contributed by atoms with Crippen LogP contribution < -0.4 is 5.32 Å². The van der Waals surface area contributed by atoms with Crippen LogP contribution in [0.3, 0.4) is 0 Å². The number of rotatable bonds is 3. The molecule has 132 valence electrons. The van der Waals surface area contributed by atoms with E-state index in [2.05, 4.69) is 36.5 Å². The van der Waals surface area contributed by atoms with E-state index < -0.39 is 0 Å². The lowest BCUT2D eigenvalue weighted by atomic mass is 10.1. The Bertz CT molecular complexity index is 590. The smallest absolute Gasteiger partial charge is 0.228 e. The van der Waals surface area contributed by atoms with E-state index >= 15 is 0 Å². The molecule has 3 rings (SSSR count). The molecule has 2 fully saturated rings. The molecule has 2 saturated heterocycles. The molecule has 0 aromatic heterocycles. The van der Waals surface area contributed by atoms with Crippen LogP contribution in [0.1, 0.15) is 24.5 Å². The average Bonchev–Trinajstić information content (AvgIpc) is 2.90. The Kier molecular flexibility index (Phi) is 6.24. The number of aryl methyl sites for hydroxylation is 1. The van der Waals surface area contributed by atoms with Crippen LogP contribution in [0.25, 0.3) is 0 Å². The van der Waals surface area contributed by atoms with E-state index in [1.807, 2.05) is 16.7 Å².